The monoisotopic (exact) mass is 271 g/mol. The lowest BCUT2D eigenvalue weighted by Crippen LogP contribution is -2.18. The van der Waals surface area contributed by atoms with Crippen molar-refractivity contribution in [2.45, 2.75) is 19.7 Å². The number of hydrogen-bond donors (Lipinski definition) is 1. The van der Waals surface area contributed by atoms with Crippen LogP contribution >= 0.6 is 0 Å². The molecule has 0 fully saturated rings. The highest BCUT2D eigenvalue weighted by Gasteiger charge is 2.32. The second-order valence-electron chi connectivity index (χ2n) is 3.88. The van der Waals surface area contributed by atoms with E-state index >= 15 is 0 Å². The van der Waals surface area contributed by atoms with Crippen LogP contribution in [-0.4, -0.2) is 12.3 Å². The third-order valence-electron chi connectivity index (χ3n) is 2.63. The highest BCUT2D eigenvalue weighted by Crippen LogP contribution is 2.39. The van der Waals surface area contributed by atoms with E-state index in [1.807, 2.05) is 0 Å². The predicted octanol–water partition coefficient (Wildman–Crippen LogP) is 2.44. The van der Waals surface area contributed by atoms with Crippen LogP contribution in [0.3, 0.4) is 0 Å². The number of halogens is 3. The minimum atomic E-state index is -4.76. The van der Waals surface area contributed by atoms with Gasteiger partial charge in [0.15, 0.2) is 0 Å². The van der Waals surface area contributed by atoms with Gasteiger partial charge in [-0.25, -0.2) is 5.32 Å². The molecule has 19 heavy (non-hydrogen) atoms. The normalized spacial score (nSPS) is 14.1. The molecule has 1 aromatic carbocycles. The van der Waals surface area contributed by atoms with Crippen LogP contribution in [0.2, 0.25) is 0 Å². The third kappa shape index (κ3) is 2.64. The van der Waals surface area contributed by atoms with Gasteiger partial charge in [-0.1, -0.05) is 6.92 Å². The number of allylic oxidation sites excluding steroid dienone is 1. The molecule has 1 radical (unpaired) electrons. The summed E-state index contributed by atoms with van der Waals surface area (Å²) in [6, 6.07) is 3.72. The molecular weight excluding hydrogens is 261 g/mol. The first-order chi connectivity index (χ1) is 8.81. The maximum absolute atomic E-state index is 12.1. The maximum Gasteiger partial charge on any atom is 0.573 e. The summed E-state index contributed by atoms with van der Waals surface area (Å²) in [4.78, 5) is 11.2. The lowest BCUT2D eigenvalue weighted by molar-refractivity contribution is -0.274. The van der Waals surface area contributed by atoms with Gasteiger partial charge in [-0.2, -0.15) is 0 Å². The number of benzene rings is 1. The molecule has 0 saturated heterocycles. The average molecular weight is 271 g/mol. The quantitative estimate of drug-likeness (QED) is 0.917. The van der Waals surface area contributed by atoms with Gasteiger partial charge in [-0.3, -0.25) is 4.79 Å². The Hall–Kier alpha value is -2.18. The van der Waals surface area contributed by atoms with Gasteiger partial charge in [0.25, 0.3) is 5.91 Å². The zero-order chi connectivity index (χ0) is 14.2. The van der Waals surface area contributed by atoms with E-state index in [4.69, 9.17) is 5.73 Å². The van der Waals surface area contributed by atoms with E-state index in [0.717, 1.165) is 6.07 Å². The van der Waals surface area contributed by atoms with Crippen molar-refractivity contribution >= 4 is 17.2 Å². The molecule has 1 amide bonds. The summed E-state index contributed by atoms with van der Waals surface area (Å²) in [5, 5.41) is 4.01. The fraction of sp³-hybridized carbons (Fsp3) is 0.250. The standard InChI is InChI=1S/C12H10F3N2O2/c1-2-7-8-5-6(19-12(13,14)15)3-4-9(8)17-10(7)11(16)18/h3-5H,2H2,1H3,(H2,16,18). The Labute approximate surface area is 107 Å². The van der Waals surface area contributed by atoms with Gasteiger partial charge in [0.2, 0.25) is 0 Å². The summed E-state index contributed by atoms with van der Waals surface area (Å²) in [7, 11) is 0. The van der Waals surface area contributed by atoms with Crippen molar-refractivity contribution < 1.29 is 22.7 Å². The van der Waals surface area contributed by atoms with Crippen molar-refractivity contribution in [3.63, 3.8) is 0 Å². The molecule has 0 saturated carbocycles. The number of ether oxygens (including phenoxy) is 1. The number of rotatable bonds is 3. The van der Waals surface area contributed by atoms with Gasteiger partial charge >= 0.3 is 6.36 Å². The van der Waals surface area contributed by atoms with Crippen molar-refractivity contribution in [2.24, 2.45) is 5.73 Å². The van der Waals surface area contributed by atoms with Crippen LogP contribution in [0.15, 0.2) is 23.9 Å². The largest absolute Gasteiger partial charge is 0.573 e. The number of nitrogens with two attached hydrogens (primary N) is 1. The summed E-state index contributed by atoms with van der Waals surface area (Å²) in [5.41, 5.74) is 6.65. The summed E-state index contributed by atoms with van der Waals surface area (Å²) in [5.74, 6) is -1.05. The fourth-order valence-electron chi connectivity index (χ4n) is 1.93. The van der Waals surface area contributed by atoms with Crippen molar-refractivity contribution in [3.05, 3.63) is 29.5 Å². The summed E-state index contributed by atoms with van der Waals surface area (Å²) >= 11 is 0. The zero-order valence-corrected chi connectivity index (χ0v) is 9.91. The van der Waals surface area contributed by atoms with E-state index in [0.29, 0.717) is 23.2 Å². The molecule has 1 heterocycles. The molecule has 1 aromatic rings. The number of nitrogens with zero attached hydrogens (tertiary/aromatic N) is 1. The number of fused-ring (bicyclic) bond motifs is 1. The van der Waals surface area contributed by atoms with Crippen molar-refractivity contribution in [1.29, 1.82) is 0 Å². The van der Waals surface area contributed by atoms with Crippen LogP contribution in [-0.2, 0) is 4.79 Å². The smallest absolute Gasteiger partial charge is 0.406 e. The van der Waals surface area contributed by atoms with Crippen molar-refractivity contribution in [3.8, 4) is 5.75 Å². The highest BCUT2D eigenvalue weighted by atomic mass is 19.4. The van der Waals surface area contributed by atoms with Gasteiger partial charge in [0, 0.05) is 5.56 Å². The van der Waals surface area contributed by atoms with Crippen LogP contribution < -0.4 is 15.8 Å². The first-order valence-electron chi connectivity index (χ1n) is 5.46. The molecule has 4 nitrogen and oxygen atoms in total. The van der Waals surface area contributed by atoms with Crippen LogP contribution in [0.4, 0.5) is 18.9 Å². The second kappa shape index (κ2) is 4.49. The van der Waals surface area contributed by atoms with E-state index in [2.05, 4.69) is 10.1 Å². The van der Waals surface area contributed by atoms with E-state index in [-0.39, 0.29) is 11.4 Å². The van der Waals surface area contributed by atoms with Crippen molar-refractivity contribution in [1.82, 2.24) is 5.32 Å². The number of hydrogen-bond acceptors (Lipinski definition) is 2. The molecule has 0 aliphatic carbocycles. The summed E-state index contributed by atoms with van der Waals surface area (Å²) < 4.78 is 40.3. The molecule has 0 bridgehead atoms. The Bertz CT molecular complexity index is 565. The molecule has 0 aromatic heterocycles. The molecule has 2 N–H and O–H groups in total. The molecular formula is C12H10F3N2O2. The number of primary amides is 1. The molecule has 1 aliphatic heterocycles. The van der Waals surface area contributed by atoms with E-state index < -0.39 is 12.3 Å². The van der Waals surface area contributed by atoms with Crippen LogP contribution in [0.1, 0.15) is 18.9 Å². The van der Waals surface area contributed by atoms with Gasteiger partial charge < -0.3 is 10.5 Å². The first kappa shape index (κ1) is 13.3. The third-order valence-corrected chi connectivity index (χ3v) is 2.63. The van der Waals surface area contributed by atoms with Crippen LogP contribution in [0.5, 0.6) is 5.75 Å². The SMILES string of the molecule is CCC1=C(C(N)=O)[N]c2ccc(OC(F)(F)F)cc21. The van der Waals surface area contributed by atoms with Gasteiger partial charge in [-0.05, 0) is 30.2 Å². The maximum atomic E-state index is 12.1. The van der Waals surface area contributed by atoms with Gasteiger partial charge in [0.05, 0.1) is 5.69 Å². The Morgan fingerprint density at radius 1 is 1.42 bits per heavy atom. The number of amides is 1. The molecule has 0 atom stereocenters. The molecule has 7 heteroatoms. The van der Waals surface area contributed by atoms with Crippen LogP contribution in [0.25, 0.3) is 5.57 Å². The van der Waals surface area contributed by atoms with Gasteiger partial charge in [0.1, 0.15) is 11.4 Å². The topological polar surface area (TPSA) is 66.4 Å². The van der Waals surface area contributed by atoms with E-state index in [1.54, 1.807) is 6.92 Å². The minimum Gasteiger partial charge on any atom is -0.406 e. The Balaban J connectivity index is 2.41. The Morgan fingerprint density at radius 2 is 2.11 bits per heavy atom. The summed E-state index contributed by atoms with van der Waals surface area (Å²) in [6.07, 6.45) is -4.32. The zero-order valence-electron chi connectivity index (χ0n) is 9.91. The lowest BCUT2D eigenvalue weighted by Gasteiger charge is -2.10. The number of carbonyl (C=O) groups excluding carboxylic acids is 1. The number of carbonyl (C=O) groups is 1. The van der Waals surface area contributed by atoms with E-state index in [9.17, 15) is 18.0 Å². The highest BCUT2D eigenvalue weighted by molar-refractivity contribution is 6.04. The number of alkyl halides is 3. The van der Waals surface area contributed by atoms with Crippen LogP contribution in [0, 0.1) is 0 Å². The molecule has 1 aliphatic rings. The molecule has 0 spiro atoms. The molecule has 101 valence electrons. The molecule has 0 unspecified atom stereocenters. The first-order valence-corrected chi connectivity index (χ1v) is 5.46. The van der Waals surface area contributed by atoms with E-state index in [1.165, 1.54) is 12.1 Å². The predicted molar refractivity (Wildman–Crippen MR) is 61.3 cm³/mol. The van der Waals surface area contributed by atoms with Crippen molar-refractivity contribution in [2.75, 3.05) is 0 Å². The Kier molecular flexibility index (Phi) is 3.13. The average Bonchev–Trinajstić information content (AvgIpc) is 2.64. The minimum absolute atomic E-state index is 0.0849. The van der Waals surface area contributed by atoms with Gasteiger partial charge in [-0.15, -0.1) is 13.2 Å². The lowest BCUT2D eigenvalue weighted by atomic mass is 10.0. The fourth-order valence-corrected chi connectivity index (χ4v) is 1.93. The summed E-state index contributed by atoms with van der Waals surface area (Å²) in [6.45, 7) is 1.76. The Morgan fingerprint density at radius 3 is 2.63 bits per heavy atom. The molecule has 2 rings (SSSR count). The second-order valence-corrected chi connectivity index (χ2v) is 3.88.